The Balaban J connectivity index is 0.00000245. The smallest absolute Gasteiger partial charge is 0.258 e. The van der Waals surface area contributed by atoms with Gasteiger partial charge in [-0.3, -0.25) is 14.0 Å². The molecule has 6 nitrogen and oxygen atoms in total. The first-order valence-electron chi connectivity index (χ1n) is 11.8. The van der Waals surface area contributed by atoms with Crippen molar-refractivity contribution in [3.8, 4) is 11.4 Å². The third kappa shape index (κ3) is 5.18. The second-order valence-electron chi connectivity index (χ2n) is 9.05. The molecule has 1 aromatic carbocycles. The van der Waals surface area contributed by atoms with Crippen molar-refractivity contribution in [1.82, 2.24) is 19.2 Å². The quantitative estimate of drug-likeness (QED) is 0.518. The molecular weight excluding hydrogens is 424 g/mol. The van der Waals surface area contributed by atoms with Crippen LogP contribution in [-0.4, -0.2) is 45.5 Å². The van der Waals surface area contributed by atoms with Crippen LogP contribution in [0.15, 0.2) is 47.5 Å². The number of nitrogens with zero attached hydrogens (tertiary/aromatic N) is 4. The van der Waals surface area contributed by atoms with Gasteiger partial charge in [0.15, 0.2) is 0 Å². The van der Waals surface area contributed by atoms with Gasteiger partial charge in [-0.25, -0.2) is 0 Å². The molecule has 2 fully saturated rings. The first kappa shape index (κ1) is 22.9. The van der Waals surface area contributed by atoms with Crippen LogP contribution in [0.1, 0.15) is 44.9 Å². The number of benzene rings is 1. The zero-order chi connectivity index (χ0) is 21.0. The van der Waals surface area contributed by atoms with E-state index in [2.05, 4.69) is 20.7 Å². The van der Waals surface area contributed by atoms with E-state index in [4.69, 9.17) is 4.74 Å². The van der Waals surface area contributed by atoms with Crippen LogP contribution in [0.3, 0.4) is 0 Å². The van der Waals surface area contributed by atoms with Crippen LogP contribution >= 0.6 is 12.4 Å². The summed E-state index contributed by atoms with van der Waals surface area (Å²) in [5.41, 5.74) is 1.90. The number of hydrogen-bond donors (Lipinski definition) is 0. The van der Waals surface area contributed by atoms with E-state index in [0.717, 1.165) is 29.7 Å². The Labute approximate surface area is 195 Å². The van der Waals surface area contributed by atoms with Gasteiger partial charge in [0, 0.05) is 29.9 Å². The van der Waals surface area contributed by atoms with Crippen LogP contribution in [0.2, 0.25) is 0 Å². The zero-order valence-corrected chi connectivity index (χ0v) is 19.4. The Morgan fingerprint density at radius 1 is 0.969 bits per heavy atom. The average Bonchev–Trinajstić information content (AvgIpc) is 3.46. The van der Waals surface area contributed by atoms with E-state index in [9.17, 15) is 4.79 Å². The lowest BCUT2D eigenvalue weighted by Gasteiger charge is -2.21. The Morgan fingerprint density at radius 2 is 1.78 bits per heavy atom. The van der Waals surface area contributed by atoms with E-state index in [0.29, 0.717) is 18.3 Å². The Bertz CT molecular complexity index is 1080. The lowest BCUT2D eigenvalue weighted by atomic mass is 9.90. The van der Waals surface area contributed by atoms with Crippen LogP contribution in [0.5, 0.6) is 5.75 Å². The monoisotopic (exact) mass is 456 g/mol. The molecule has 0 bridgehead atoms. The van der Waals surface area contributed by atoms with Gasteiger partial charge in [-0.15, -0.1) is 12.4 Å². The zero-order valence-electron chi connectivity index (χ0n) is 18.6. The maximum Gasteiger partial charge on any atom is 0.258 e. The summed E-state index contributed by atoms with van der Waals surface area (Å²) in [7, 11) is 0. The predicted octanol–water partition coefficient (Wildman–Crippen LogP) is 4.66. The van der Waals surface area contributed by atoms with Crippen LogP contribution in [0.4, 0.5) is 0 Å². The van der Waals surface area contributed by atoms with Crippen molar-refractivity contribution in [3.63, 3.8) is 0 Å². The number of halogens is 1. The third-order valence-electron chi connectivity index (χ3n) is 6.83. The highest BCUT2D eigenvalue weighted by Gasteiger charge is 2.15. The van der Waals surface area contributed by atoms with E-state index < -0.39 is 0 Å². The first-order valence-corrected chi connectivity index (χ1v) is 11.8. The standard InChI is InChI=1S/C25H32N4O2.ClH/c30-25-17-23(31-19-20-6-2-1-3-7-20)10-13-28(25)22-8-9-24-21(16-22)18-26-29(24)15-14-27-11-4-5-12-27;/h8-10,13,16-18,20H,1-7,11-12,14-15,19H2;1H. The number of rotatable bonds is 7. The highest BCUT2D eigenvalue weighted by molar-refractivity contribution is 5.85. The van der Waals surface area contributed by atoms with Gasteiger partial charge in [0.25, 0.3) is 5.56 Å². The maximum absolute atomic E-state index is 12.7. The van der Waals surface area contributed by atoms with Gasteiger partial charge in [-0.05, 0) is 69.0 Å². The largest absolute Gasteiger partial charge is 0.493 e. The summed E-state index contributed by atoms with van der Waals surface area (Å²) in [4.78, 5) is 15.2. The highest BCUT2D eigenvalue weighted by atomic mass is 35.5. The Hall–Kier alpha value is -2.31. The summed E-state index contributed by atoms with van der Waals surface area (Å²) in [5.74, 6) is 1.29. The minimum absolute atomic E-state index is 0. The normalized spacial score (nSPS) is 17.5. The minimum Gasteiger partial charge on any atom is -0.493 e. The fourth-order valence-corrected chi connectivity index (χ4v) is 4.98. The van der Waals surface area contributed by atoms with E-state index >= 15 is 0 Å². The molecule has 1 aliphatic heterocycles. The summed E-state index contributed by atoms with van der Waals surface area (Å²) in [5, 5.41) is 5.64. The number of likely N-dealkylation sites (tertiary alicyclic amines) is 1. The SMILES string of the molecule is Cl.O=c1cc(OCC2CCCCC2)ccn1-c1ccc2c(cnn2CCN2CCCC2)c1. The molecule has 2 aliphatic rings. The highest BCUT2D eigenvalue weighted by Crippen LogP contribution is 2.24. The Kier molecular flexibility index (Phi) is 7.53. The molecule has 1 saturated carbocycles. The molecule has 172 valence electrons. The minimum atomic E-state index is -0.0677. The van der Waals surface area contributed by atoms with E-state index in [1.54, 1.807) is 10.6 Å². The number of pyridine rings is 1. The van der Waals surface area contributed by atoms with Crippen molar-refractivity contribution in [3.05, 3.63) is 53.1 Å². The molecule has 3 aromatic rings. The molecular formula is C25H33ClN4O2. The molecule has 0 atom stereocenters. The summed E-state index contributed by atoms with van der Waals surface area (Å²) < 4.78 is 9.68. The summed E-state index contributed by atoms with van der Waals surface area (Å²) in [6, 6.07) is 9.61. The number of ether oxygens (including phenoxy) is 1. The van der Waals surface area contributed by atoms with E-state index in [1.165, 1.54) is 58.0 Å². The Morgan fingerprint density at radius 3 is 2.56 bits per heavy atom. The molecule has 0 radical (unpaired) electrons. The van der Waals surface area contributed by atoms with Crippen molar-refractivity contribution in [1.29, 1.82) is 0 Å². The van der Waals surface area contributed by atoms with Crippen molar-refractivity contribution in [2.24, 2.45) is 5.92 Å². The van der Waals surface area contributed by atoms with Crippen molar-refractivity contribution >= 4 is 23.3 Å². The maximum atomic E-state index is 12.7. The summed E-state index contributed by atoms with van der Waals surface area (Å²) >= 11 is 0. The third-order valence-corrected chi connectivity index (χ3v) is 6.83. The van der Waals surface area contributed by atoms with Gasteiger partial charge in [-0.2, -0.15) is 5.10 Å². The molecule has 0 amide bonds. The molecule has 1 aliphatic carbocycles. The molecule has 0 N–H and O–H groups in total. The summed E-state index contributed by atoms with van der Waals surface area (Å²) in [6.07, 6.45) is 12.7. The van der Waals surface area contributed by atoms with E-state index in [-0.39, 0.29) is 18.0 Å². The topological polar surface area (TPSA) is 52.3 Å². The lowest BCUT2D eigenvalue weighted by molar-refractivity contribution is 0.208. The van der Waals surface area contributed by atoms with Gasteiger partial charge in [0.05, 0.1) is 24.9 Å². The van der Waals surface area contributed by atoms with E-state index in [1.807, 2.05) is 30.6 Å². The molecule has 0 spiro atoms. The second-order valence-corrected chi connectivity index (χ2v) is 9.05. The van der Waals surface area contributed by atoms with Crippen molar-refractivity contribution < 1.29 is 4.74 Å². The molecule has 7 heteroatoms. The van der Waals surface area contributed by atoms with Crippen LogP contribution in [0, 0.1) is 5.92 Å². The van der Waals surface area contributed by atoms with Crippen LogP contribution < -0.4 is 10.3 Å². The van der Waals surface area contributed by atoms with Gasteiger partial charge in [0.2, 0.25) is 0 Å². The van der Waals surface area contributed by atoms with Crippen LogP contribution in [0.25, 0.3) is 16.6 Å². The second kappa shape index (κ2) is 10.5. The van der Waals surface area contributed by atoms with Gasteiger partial charge < -0.3 is 9.64 Å². The molecule has 1 saturated heterocycles. The van der Waals surface area contributed by atoms with Gasteiger partial charge in [-0.1, -0.05) is 19.3 Å². The number of hydrogen-bond acceptors (Lipinski definition) is 4. The first-order chi connectivity index (χ1) is 15.3. The predicted molar refractivity (Wildman–Crippen MR) is 130 cm³/mol. The van der Waals surface area contributed by atoms with Crippen molar-refractivity contribution in [2.75, 3.05) is 26.2 Å². The number of aromatic nitrogens is 3. The summed E-state index contributed by atoms with van der Waals surface area (Å²) in [6.45, 7) is 5.06. The number of fused-ring (bicyclic) bond motifs is 1. The molecule has 32 heavy (non-hydrogen) atoms. The van der Waals surface area contributed by atoms with Crippen molar-refractivity contribution in [2.45, 2.75) is 51.5 Å². The fourth-order valence-electron chi connectivity index (χ4n) is 4.98. The van der Waals surface area contributed by atoms with Gasteiger partial charge >= 0.3 is 0 Å². The molecule has 3 heterocycles. The molecule has 2 aromatic heterocycles. The average molecular weight is 457 g/mol. The molecule has 5 rings (SSSR count). The molecule has 0 unspecified atom stereocenters. The fraction of sp³-hybridized carbons (Fsp3) is 0.520. The lowest BCUT2D eigenvalue weighted by Crippen LogP contribution is -2.24. The van der Waals surface area contributed by atoms with Crippen LogP contribution in [-0.2, 0) is 6.54 Å². The van der Waals surface area contributed by atoms with Gasteiger partial charge in [0.1, 0.15) is 5.75 Å².